The van der Waals surface area contributed by atoms with Crippen LogP contribution >= 0.6 is 11.8 Å². The van der Waals surface area contributed by atoms with Gasteiger partial charge in [-0.1, -0.05) is 18.1 Å². The Hall–Kier alpha value is -2.85. The van der Waals surface area contributed by atoms with Crippen LogP contribution in [0.2, 0.25) is 0 Å². The molecule has 2 rings (SSSR count). The van der Waals surface area contributed by atoms with Crippen LogP contribution in [0.3, 0.4) is 0 Å². The number of benzene rings is 2. The van der Waals surface area contributed by atoms with E-state index in [4.69, 9.17) is 6.42 Å². The van der Waals surface area contributed by atoms with Gasteiger partial charge in [-0.25, -0.2) is 4.39 Å². The topological polar surface area (TPSA) is 63.5 Å². The quantitative estimate of drug-likeness (QED) is 0.342. The molecule has 0 unspecified atom stereocenters. The van der Waals surface area contributed by atoms with Crippen molar-refractivity contribution < 1.29 is 14.1 Å². The number of nitrogens with zero attached hydrogens (tertiary/aromatic N) is 2. The molecule has 0 aliphatic heterocycles. The fourth-order valence-corrected chi connectivity index (χ4v) is 2.70. The number of rotatable bonds is 6. The Balaban J connectivity index is 2.38. The van der Waals surface area contributed by atoms with E-state index < -0.39 is 10.8 Å². The van der Waals surface area contributed by atoms with Crippen molar-refractivity contribution in [3.05, 3.63) is 69.5 Å². The monoisotopic (exact) mass is 358 g/mol. The maximum atomic E-state index is 13.0. The van der Waals surface area contributed by atoms with Gasteiger partial charge in [-0.2, -0.15) is 0 Å². The average Bonchev–Trinajstić information content (AvgIpc) is 2.61. The second kappa shape index (κ2) is 8.31. The molecule has 2 aromatic rings. The zero-order valence-electron chi connectivity index (χ0n) is 13.4. The highest BCUT2D eigenvalue weighted by Crippen LogP contribution is 2.26. The van der Waals surface area contributed by atoms with Crippen molar-refractivity contribution >= 4 is 23.4 Å². The van der Waals surface area contributed by atoms with Crippen molar-refractivity contribution in [2.75, 3.05) is 12.8 Å². The molecule has 0 aliphatic rings. The molecule has 5 nitrogen and oxygen atoms in total. The molecule has 0 heterocycles. The Labute approximate surface area is 149 Å². The van der Waals surface area contributed by atoms with Gasteiger partial charge in [0.05, 0.1) is 11.5 Å². The van der Waals surface area contributed by atoms with Gasteiger partial charge in [-0.3, -0.25) is 14.9 Å². The summed E-state index contributed by atoms with van der Waals surface area (Å²) in [4.78, 5) is 25.5. The smallest absolute Gasteiger partial charge is 0.282 e. The fourth-order valence-electron chi connectivity index (χ4n) is 2.26. The highest BCUT2D eigenvalue weighted by atomic mass is 32.2. The summed E-state index contributed by atoms with van der Waals surface area (Å²) in [6.07, 6.45) is 7.15. The molecule has 1 amide bonds. The summed E-state index contributed by atoms with van der Waals surface area (Å²) in [5, 5.41) is 11.2. The lowest BCUT2D eigenvalue weighted by atomic mass is 10.1. The van der Waals surface area contributed by atoms with E-state index in [0.29, 0.717) is 5.56 Å². The van der Waals surface area contributed by atoms with E-state index in [0.717, 1.165) is 4.90 Å². The Morgan fingerprint density at radius 1 is 1.32 bits per heavy atom. The minimum Gasteiger partial charge on any atom is -0.323 e. The minimum absolute atomic E-state index is 0.0170. The number of terminal acetylenes is 1. The van der Waals surface area contributed by atoms with Crippen molar-refractivity contribution in [3.63, 3.8) is 0 Å². The standard InChI is InChI=1S/C18H15FN2O3S/c1-3-10-20(12-13-4-6-14(19)7-5-13)18(22)16-11-15(25-2)8-9-17(16)21(23)24/h1,4-9,11H,10,12H2,2H3. The summed E-state index contributed by atoms with van der Waals surface area (Å²) in [5.41, 5.74) is 0.381. The Morgan fingerprint density at radius 3 is 2.56 bits per heavy atom. The zero-order valence-corrected chi connectivity index (χ0v) is 14.3. The summed E-state index contributed by atoms with van der Waals surface area (Å²) in [6, 6.07) is 10.0. The number of thioether (sulfide) groups is 1. The molecule has 0 radical (unpaired) electrons. The van der Waals surface area contributed by atoms with E-state index in [1.807, 2.05) is 6.26 Å². The predicted octanol–water partition coefficient (Wildman–Crippen LogP) is 3.73. The fraction of sp³-hybridized carbons (Fsp3) is 0.167. The van der Waals surface area contributed by atoms with Crippen molar-refractivity contribution in [3.8, 4) is 12.3 Å². The first-order chi connectivity index (χ1) is 12.0. The molecule has 0 aliphatic carbocycles. The van der Waals surface area contributed by atoms with Gasteiger partial charge in [0, 0.05) is 17.5 Å². The van der Waals surface area contributed by atoms with E-state index in [-0.39, 0.29) is 30.2 Å². The number of amides is 1. The largest absolute Gasteiger partial charge is 0.323 e. The van der Waals surface area contributed by atoms with E-state index in [1.165, 1.54) is 40.9 Å². The average molecular weight is 358 g/mol. The van der Waals surface area contributed by atoms with Gasteiger partial charge in [0.2, 0.25) is 0 Å². The molecule has 0 bridgehead atoms. The summed E-state index contributed by atoms with van der Waals surface area (Å²) < 4.78 is 13.0. The van der Waals surface area contributed by atoms with E-state index in [1.54, 1.807) is 18.2 Å². The van der Waals surface area contributed by atoms with Crippen molar-refractivity contribution in [1.29, 1.82) is 0 Å². The van der Waals surface area contributed by atoms with Gasteiger partial charge in [-0.05, 0) is 36.1 Å². The van der Waals surface area contributed by atoms with E-state index >= 15 is 0 Å². The molecular formula is C18H15FN2O3S. The van der Waals surface area contributed by atoms with Crippen LogP contribution in [-0.2, 0) is 6.54 Å². The van der Waals surface area contributed by atoms with Crippen molar-refractivity contribution in [2.24, 2.45) is 0 Å². The number of halogens is 1. The maximum Gasteiger partial charge on any atom is 0.282 e. The number of carbonyl (C=O) groups is 1. The Bertz CT molecular complexity index is 831. The van der Waals surface area contributed by atoms with Crippen LogP contribution < -0.4 is 0 Å². The van der Waals surface area contributed by atoms with Crippen LogP contribution in [0, 0.1) is 28.3 Å². The first-order valence-corrected chi connectivity index (χ1v) is 8.48. The summed E-state index contributed by atoms with van der Waals surface area (Å²) in [5.74, 6) is 1.46. The van der Waals surface area contributed by atoms with Crippen LogP contribution in [0.1, 0.15) is 15.9 Å². The summed E-state index contributed by atoms with van der Waals surface area (Å²) in [7, 11) is 0. The van der Waals surface area contributed by atoms with Gasteiger partial charge < -0.3 is 4.90 Å². The van der Waals surface area contributed by atoms with Crippen LogP contribution in [0.5, 0.6) is 0 Å². The van der Waals surface area contributed by atoms with E-state index in [9.17, 15) is 19.3 Å². The molecule has 0 aromatic heterocycles. The summed E-state index contributed by atoms with van der Waals surface area (Å²) >= 11 is 1.38. The van der Waals surface area contributed by atoms with Gasteiger partial charge in [0.25, 0.3) is 11.6 Å². The number of hydrogen-bond donors (Lipinski definition) is 0. The minimum atomic E-state index is -0.594. The molecule has 0 saturated carbocycles. The Morgan fingerprint density at radius 2 is 2.00 bits per heavy atom. The van der Waals surface area contributed by atoms with Crippen LogP contribution in [0.4, 0.5) is 10.1 Å². The molecule has 2 aromatic carbocycles. The second-order valence-electron chi connectivity index (χ2n) is 5.13. The molecule has 0 saturated heterocycles. The predicted molar refractivity (Wildman–Crippen MR) is 94.9 cm³/mol. The second-order valence-corrected chi connectivity index (χ2v) is 6.01. The summed E-state index contributed by atoms with van der Waals surface area (Å²) in [6.45, 7) is 0.112. The molecule has 0 atom stereocenters. The van der Waals surface area contributed by atoms with Gasteiger partial charge in [0.1, 0.15) is 11.4 Å². The molecule has 25 heavy (non-hydrogen) atoms. The highest BCUT2D eigenvalue weighted by molar-refractivity contribution is 7.98. The normalized spacial score (nSPS) is 10.1. The van der Waals surface area contributed by atoms with Gasteiger partial charge in [-0.15, -0.1) is 18.2 Å². The Kier molecular flexibility index (Phi) is 6.14. The molecule has 0 fully saturated rings. The zero-order chi connectivity index (χ0) is 18.4. The highest BCUT2D eigenvalue weighted by Gasteiger charge is 2.25. The first-order valence-electron chi connectivity index (χ1n) is 7.26. The maximum absolute atomic E-state index is 13.0. The molecule has 128 valence electrons. The van der Waals surface area contributed by atoms with Crippen LogP contribution in [0.25, 0.3) is 0 Å². The van der Waals surface area contributed by atoms with Gasteiger partial charge >= 0.3 is 0 Å². The number of nitro groups is 1. The third-order valence-corrected chi connectivity index (χ3v) is 4.21. The molecular weight excluding hydrogens is 343 g/mol. The lowest BCUT2D eigenvalue weighted by Crippen LogP contribution is -2.31. The SMILES string of the molecule is C#CCN(Cc1ccc(F)cc1)C(=O)c1cc(SC)ccc1[N+](=O)[O-]. The van der Waals surface area contributed by atoms with Crippen molar-refractivity contribution in [1.82, 2.24) is 4.90 Å². The van der Waals surface area contributed by atoms with Crippen LogP contribution in [-0.4, -0.2) is 28.5 Å². The molecule has 0 N–H and O–H groups in total. The lowest BCUT2D eigenvalue weighted by Gasteiger charge is -2.20. The third-order valence-electron chi connectivity index (χ3n) is 3.49. The van der Waals surface area contributed by atoms with E-state index in [2.05, 4.69) is 5.92 Å². The van der Waals surface area contributed by atoms with Gasteiger partial charge in [0.15, 0.2) is 0 Å². The van der Waals surface area contributed by atoms with Crippen molar-refractivity contribution in [2.45, 2.75) is 11.4 Å². The number of nitro benzene ring substituents is 1. The number of hydrogen-bond acceptors (Lipinski definition) is 4. The molecule has 0 spiro atoms. The first kappa shape index (κ1) is 18.5. The lowest BCUT2D eigenvalue weighted by molar-refractivity contribution is -0.385. The third kappa shape index (κ3) is 4.58. The van der Waals surface area contributed by atoms with Crippen LogP contribution in [0.15, 0.2) is 47.4 Å². The number of carbonyl (C=O) groups excluding carboxylic acids is 1. The molecule has 7 heteroatoms.